The molecule has 0 radical (unpaired) electrons. The lowest BCUT2D eigenvalue weighted by Gasteiger charge is -2.19. The molecule has 0 aliphatic rings. The van der Waals surface area contributed by atoms with Crippen LogP contribution in [0.1, 0.15) is 16.7 Å². The third-order valence-electron chi connectivity index (χ3n) is 5.68. The number of benzene rings is 3. The van der Waals surface area contributed by atoms with Crippen molar-refractivity contribution < 1.29 is 18.9 Å². The minimum absolute atomic E-state index is 0.701. The lowest BCUT2D eigenvalue weighted by Crippen LogP contribution is -2.43. The number of aromatic nitrogens is 2. The highest BCUT2D eigenvalue weighted by atomic mass is 79.9. The number of anilines is 1. The van der Waals surface area contributed by atoms with E-state index in [0.717, 1.165) is 40.6 Å². The van der Waals surface area contributed by atoms with E-state index in [1.165, 1.54) is 16.7 Å². The molecule has 6 nitrogen and oxygen atoms in total. The summed E-state index contributed by atoms with van der Waals surface area (Å²) in [6.07, 6.45) is 1.98. The summed E-state index contributed by atoms with van der Waals surface area (Å²) in [5, 5.41) is 3.40. The van der Waals surface area contributed by atoms with Crippen LogP contribution in [0.4, 0.5) is 5.82 Å². The fourth-order valence-electron chi connectivity index (χ4n) is 3.85. The molecule has 0 bridgehead atoms. The number of methoxy groups -OCH3 is 3. The standard InChI is InChI=1S/C27H28BrN3O3/c1-32-23-10-4-20(5-11-23)17-30(18-21-6-12-24(33-2)13-7-21)27-26(28)16-29-31(27)19-22-8-14-25(34-3)15-9-22/h4-16H,17-19H2,1-3H3/p+1. The Labute approximate surface area is 208 Å². The Morgan fingerprint density at radius 3 is 1.50 bits per heavy atom. The predicted octanol–water partition coefficient (Wildman–Crippen LogP) is 5.35. The van der Waals surface area contributed by atoms with Crippen LogP contribution >= 0.6 is 15.9 Å². The molecule has 0 amide bonds. The molecule has 1 heterocycles. The molecule has 34 heavy (non-hydrogen) atoms. The van der Waals surface area contributed by atoms with Crippen LogP contribution in [0.2, 0.25) is 0 Å². The normalized spacial score (nSPS) is 10.7. The second-order valence-corrected chi connectivity index (χ2v) is 8.79. The SMILES string of the molecule is COc1ccc(CN(Cc2ccc(OC)cc2)c2c(Br)c[nH][n+]2Cc2ccc(OC)cc2)cc1. The van der Waals surface area contributed by atoms with Gasteiger partial charge in [0.2, 0.25) is 0 Å². The van der Waals surface area contributed by atoms with Crippen molar-refractivity contribution in [3.8, 4) is 17.2 Å². The van der Waals surface area contributed by atoms with Crippen LogP contribution in [0, 0.1) is 0 Å². The van der Waals surface area contributed by atoms with E-state index in [4.69, 9.17) is 14.2 Å². The molecule has 3 aromatic carbocycles. The van der Waals surface area contributed by atoms with Gasteiger partial charge in [-0.3, -0.25) is 4.90 Å². The molecule has 0 aliphatic carbocycles. The highest BCUT2D eigenvalue weighted by molar-refractivity contribution is 9.10. The van der Waals surface area contributed by atoms with E-state index in [-0.39, 0.29) is 0 Å². The van der Waals surface area contributed by atoms with Crippen molar-refractivity contribution in [3.63, 3.8) is 0 Å². The van der Waals surface area contributed by atoms with Gasteiger partial charge in [0.15, 0.2) is 0 Å². The molecule has 0 fully saturated rings. The van der Waals surface area contributed by atoms with Gasteiger partial charge in [0.1, 0.15) is 41.4 Å². The van der Waals surface area contributed by atoms with Gasteiger partial charge in [0, 0.05) is 0 Å². The first-order valence-corrected chi connectivity index (χ1v) is 11.8. The quantitative estimate of drug-likeness (QED) is 0.285. The van der Waals surface area contributed by atoms with Crippen LogP contribution in [0.5, 0.6) is 17.2 Å². The van der Waals surface area contributed by atoms with Gasteiger partial charge in [-0.25, -0.2) is 5.10 Å². The van der Waals surface area contributed by atoms with Crippen LogP contribution < -0.4 is 23.8 Å². The summed E-state index contributed by atoms with van der Waals surface area (Å²) in [4.78, 5) is 2.35. The van der Waals surface area contributed by atoms with Crippen molar-refractivity contribution in [1.82, 2.24) is 5.10 Å². The summed E-state index contributed by atoms with van der Waals surface area (Å²) in [5.74, 6) is 3.62. The van der Waals surface area contributed by atoms with Gasteiger partial charge in [-0.1, -0.05) is 36.4 Å². The third-order valence-corrected chi connectivity index (χ3v) is 6.26. The molecule has 176 valence electrons. The topological polar surface area (TPSA) is 50.6 Å². The maximum Gasteiger partial charge on any atom is 0.312 e. The average molecular weight is 523 g/mol. The number of halogens is 1. The predicted molar refractivity (Wildman–Crippen MR) is 137 cm³/mol. The van der Waals surface area contributed by atoms with Gasteiger partial charge in [0.05, 0.1) is 27.5 Å². The summed E-state index contributed by atoms with van der Waals surface area (Å²) in [6.45, 7) is 2.16. The van der Waals surface area contributed by atoms with E-state index in [9.17, 15) is 0 Å². The van der Waals surface area contributed by atoms with Crippen LogP contribution in [0.3, 0.4) is 0 Å². The van der Waals surface area contributed by atoms with Gasteiger partial charge < -0.3 is 14.2 Å². The molecule has 0 saturated carbocycles. The monoisotopic (exact) mass is 522 g/mol. The zero-order valence-corrected chi connectivity index (χ0v) is 21.2. The number of H-pyrrole nitrogens is 1. The largest absolute Gasteiger partial charge is 0.497 e. The van der Waals surface area contributed by atoms with Crippen molar-refractivity contribution >= 4 is 21.7 Å². The lowest BCUT2D eigenvalue weighted by atomic mass is 10.1. The molecule has 0 aliphatic heterocycles. The molecular weight excluding hydrogens is 494 g/mol. The smallest absolute Gasteiger partial charge is 0.312 e. The van der Waals surface area contributed by atoms with E-state index in [1.54, 1.807) is 21.3 Å². The molecule has 0 spiro atoms. The number of ether oxygens (including phenoxy) is 3. The summed E-state index contributed by atoms with van der Waals surface area (Å²) in [5.41, 5.74) is 3.56. The Morgan fingerprint density at radius 2 is 1.09 bits per heavy atom. The molecule has 4 aromatic rings. The summed E-state index contributed by atoms with van der Waals surface area (Å²) < 4.78 is 19.1. The van der Waals surface area contributed by atoms with Crippen molar-refractivity contribution in [2.75, 3.05) is 26.2 Å². The fraction of sp³-hybridized carbons (Fsp3) is 0.222. The first-order valence-electron chi connectivity index (χ1n) is 11.0. The highest BCUT2D eigenvalue weighted by Gasteiger charge is 2.26. The molecule has 7 heteroatoms. The second-order valence-electron chi connectivity index (χ2n) is 7.93. The summed E-state index contributed by atoms with van der Waals surface area (Å²) in [7, 11) is 5.05. The van der Waals surface area contributed by atoms with Crippen LogP contribution in [-0.2, 0) is 19.6 Å². The molecular formula is C27H29BrN3O3+. The van der Waals surface area contributed by atoms with Crippen LogP contribution in [0.15, 0.2) is 83.5 Å². The lowest BCUT2D eigenvalue weighted by molar-refractivity contribution is -0.731. The molecule has 1 aromatic heterocycles. The summed E-state index contributed by atoms with van der Waals surface area (Å²) >= 11 is 3.77. The summed E-state index contributed by atoms with van der Waals surface area (Å²) in [6, 6.07) is 24.6. The van der Waals surface area contributed by atoms with E-state index in [0.29, 0.717) is 6.54 Å². The Bertz CT molecular complexity index is 1140. The number of nitrogens with zero attached hydrogens (tertiary/aromatic N) is 2. The molecule has 0 atom stereocenters. The highest BCUT2D eigenvalue weighted by Crippen LogP contribution is 2.27. The molecule has 0 unspecified atom stereocenters. The average Bonchev–Trinajstić information content (AvgIpc) is 3.24. The number of hydrogen-bond acceptors (Lipinski definition) is 4. The van der Waals surface area contributed by atoms with Crippen molar-refractivity contribution in [2.45, 2.75) is 19.6 Å². The van der Waals surface area contributed by atoms with Crippen LogP contribution in [-0.4, -0.2) is 26.4 Å². The number of rotatable bonds is 10. The Hall–Kier alpha value is -3.45. The molecule has 1 N–H and O–H groups in total. The zero-order valence-electron chi connectivity index (χ0n) is 19.6. The zero-order chi connectivity index (χ0) is 23.9. The minimum Gasteiger partial charge on any atom is -0.497 e. The van der Waals surface area contributed by atoms with Crippen molar-refractivity contribution in [3.05, 3.63) is 100 Å². The number of hydrogen-bond donors (Lipinski definition) is 1. The maximum absolute atomic E-state index is 5.33. The van der Waals surface area contributed by atoms with E-state index < -0.39 is 0 Å². The second kappa shape index (κ2) is 11.1. The van der Waals surface area contributed by atoms with Gasteiger partial charge >= 0.3 is 5.82 Å². The number of nitrogens with one attached hydrogen (secondary N) is 1. The van der Waals surface area contributed by atoms with Gasteiger partial charge in [-0.05, 0) is 69.0 Å². The Kier molecular flexibility index (Phi) is 7.75. The first kappa shape index (κ1) is 23.7. The van der Waals surface area contributed by atoms with E-state index in [2.05, 4.69) is 67.0 Å². The third kappa shape index (κ3) is 5.72. The van der Waals surface area contributed by atoms with Crippen molar-refractivity contribution in [2.24, 2.45) is 0 Å². The fourth-order valence-corrected chi connectivity index (χ4v) is 4.42. The molecule has 4 rings (SSSR count). The number of aromatic amines is 1. The Balaban J connectivity index is 1.65. The first-order chi connectivity index (χ1) is 16.6. The van der Waals surface area contributed by atoms with Crippen LogP contribution in [0.25, 0.3) is 0 Å². The minimum atomic E-state index is 0.701. The van der Waals surface area contributed by atoms with E-state index in [1.807, 2.05) is 42.6 Å². The van der Waals surface area contributed by atoms with E-state index >= 15 is 0 Å². The van der Waals surface area contributed by atoms with Crippen molar-refractivity contribution in [1.29, 1.82) is 0 Å². The Morgan fingerprint density at radius 1 is 0.676 bits per heavy atom. The van der Waals surface area contributed by atoms with Gasteiger partial charge in [0.25, 0.3) is 0 Å². The van der Waals surface area contributed by atoms with Gasteiger partial charge in [-0.15, -0.1) is 0 Å². The van der Waals surface area contributed by atoms with Gasteiger partial charge in [-0.2, -0.15) is 4.68 Å². The molecule has 0 saturated heterocycles. The maximum atomic E-state index is 5.33.